The van der Waals surface area contributed by atoms with Crippen molar-refractivity contribution < 1.29 is 14.3 Å². The fraction of sp³-hybridized carbons (Fsp3) is 0.921. The number of unbranched alkanes of at least 4 members (excludes halogenated alkanes) is 28. The van der Waals surface area contributed by atoms with E-state index in [0.717, 1.165) is 19.3 Å². The molecule has 0 fully saturated rings. The van der Waals surface area contributed by atoms with Crippen LogP contribution in [0.4, 0.5) is 0 Å². The molecule has 0 atom stereocenters. The van der Waals surface area contributed by atoms with E-state index in [1.807, 2.05) is 0 Å². The van der Waals surface area contributed by atoms with Crippen LogP contribution in [0.5, 0.6) is 0 Å². The molecule has 0 aromatic carbocycles. The molecule has 0 aromatic heterocycles. The molecule has 3 nitrogen and oxygen atoms in total. The molecule has 0 N–H and O–H groups in total. The van der Waals surface area contributed by atoms with Gasteiger partial charge in [0.15, 0.2) is 0 Å². The van der Waals surface area contributed by atoms with Crippen LogP contribution in [0.2, 0.25) is 0 Å². The Morgan fingerprint density at radius 1 is 0.439 bits per heavy atom. The zero-order chi connectivity index (χ0) is 29.7. The third kappa shape index (κ3) is 37.0. The molecule has 0 saturated heterocycles. The van der Waals surface area contributed by atoms with E-state index < -0.39 is 0 Å². The van der Waals surface area contributed by atoms with Gasteiger partial charge in [0.1, 0.15) is 13.2 Å². The molecule has 0 bridgehead atoms. The summed E-state index contributed by atoms with van der Waals surface area (Å²) in [6, 6.07) is 0. The van der Waals surface area contributed by atoms with E-state index in [1.54, 1.807) is 6.26 Å². The van der Waals surface area contributed by atoms with Crippen LogP contribution >= 0.6 is 0 Å². The Morgan fingerprint density at radius 3 is 1.17 bits per heavy atom. The summed E-state index contributed by atoms with van der Waals surface area (Å²) in [5, 5.41) is 0. The summed E-state index contributed by atoms with van der Waals surface area (Å²) in [5.74, 6) is -0.0744. The first kappa shape index (κ1) is 40.0. The number of carbonyl (C=O) groups excluding carboxylic acids is 1. The Hall–Kier alpha value is -0.990. The summed E-state index contributed by atoms with van der Waals surface area (Å²) in [5.41, 5.74) is 0. The van der Waals surface area contributed by atoms with Gasteiger partial charge in [-0.25, -0.2) is 0 Å². The Labute approximate surface area is 258 Å². The molecule has 0 saturated carbocycles. The van der Waals surface area contributed by atoms with E-state index >= 15 is 0 Å². The lowest BCUT2D eigenvalue weighted by atomic mass is 10.0. The average molecular weight is 579 g/mol. The van der Waals surface area contributed by atoms with E-state index in [4.69, 9.17) is 9.47 Å². The zero-order valence-corrected chi connectivity index (χ0v) is 28.2. The highest BCUT2D eigenvalue weighted by molar-refractivity contribution is 5.69. The van der Waals surface area contributed by atoms with Gasteiger partial charge >= 0.3 is 5.97 Å². The quantitative estimate of drug-likeness (QED) is 0.0426. The van der Waals surface area contributed by atoms with Crippen molar-refractivity contribution in [3.05, 3.63) is 12.3 Å². The van der Waals surface area contributed by atoms with Crippen molar-refractivity contribution in [2.75, 3.05) is 13.2 Å². The average Bonchev–Trinajstić information content (AvgIpc) is 2.98. The van der Waals surface area contributed by atoms with Gasteiger partial charge in [-0.15, -0.1) is 0 Å². The van der Waals surface area contributed by atoms with Crippen LogP contribution < -0.4 is 0 Å². The smallest absolute Gasteiger partial charge is 0.305 e. The second-order valence-corrected chi connectivity index (χ2v) is 12.5. The molecule has 0 aromatic rings. The first-order valence-electron chi connectivity index (χ1n) is 18.7. The highest BCUT2D eigenvalue weighted by Crippen LogP contribution is 2.15. The summed E-state index contributed by atoms with van der Waals surface area (Å²) in [6.45, 7) is 5.39. The molecule has 0 aliphatic rings. The van der Waals surface area contributed by atoms with Gasteiger partial charge in [-0.05, 0) is 25.3 Å². The van der Waals surface area contributed by atoms with E-state index in [-0.39, 0.29) is 5.97 Å². The molecule has 3 heteroatoms. The van der Waals surface area contributed by atoms with Crippen molar-refractivity contribution in [2.24, 2.45) is 0 Å². The minimum atomic E-state index is -0.0744. The van der Waals surface area contributed by atoms with E-state index in [1.165, 1.54) is 173 Å². The van der Waals surface area contributed by atoms with E-state index in [2.05, 4.69) is 19.9 Å². The van der Waals surface area contributed by atoms with Crippen LogP contribution in [0.1, 0.15) is 213 Å². The predicted octanol–water partition coefficient (Wildman–Crippen LogP) is 13.2. The minimum Gasteiger partial charge on any atom is -0.498 e. The molecular weight excluding hydrogens is 504 g/mol. The number of allylic oxidation sites excluding steroid dienone is 1. The molecule has 0 heterocycles. The van der Waals surface area contributed by atoms with Gasteiger partial charge in [-0.1, -0.05) is 187 Å². The fourth-order valence-corrected chi connectivity index (χ4v) is 5.58. The standard InChI is InChI=1S/C38H74O3/c1-3-5-7-9-11-13-15-17-19-21-23-25-27-29-31-33-35-40-36-37-41-38(39)34-32-30-28-26-24-22-20-18-16-14-12-10-8-6-4-2/h33,35H,3-32,34,36-37H2,1-2H3/b35-33-. The number of rotatable bonds is 35. The van der Waals surface area contributed by atoms with Gasteiger partial charge < -0.3 is 9.47 Å². The maximum Gasteiger partial charge on any atom is 0.305 e. The Balaban J connectivity index is 3.20. The lowest BCUT2D eigenvalue weighted by molar-refractivity contribution is -0.144. The van der Waals surface area contributed by atoms with Crippen molar-refractivity contribution >= 4 is 5.97 Å². The molecule has 0 spiro atoms. The van der Waals surface area contributed by atoms with E-state index in [0.29, 0.717) is 19.6 Å². The summed E-state index contributed by atoms with van der Waals surface area (Å²) >= 11 is 0. The lowest BCUT2D eigenvalue weighted by Gasteiger charge is -2.05. The molecule has 41 heavy (non-hydrogen) atoms. The zero-order valence-electron chi connectivity index (χ0n) is 28.2. The lowest BCUT2D eigenvalue weighted by Crippen LogP contribution is -2.09. The molecule has 0 rings (SSSR count). The molecule has 0 amide bonds. The molecule has 0 radical (unpaired) electrons. The van der Waals surface area contributed by atoms with Gasteiger partial charge in [0, 0.05) is 6.42 Å². The second-order valence-electron chi connectivity index (χ2n) is 12.5. The Kier molecular flexibility index (Phi) is 36.1. The van der Waals surface area contributed by atoms with Gasteiger partial charge in [0.25, 0.3) is 0 Å². The fourth-order valence-electron chi connectivity index (χ4n) is 5.58. The highest BCUT2D eigenvalue weighted by atomic mass is 16.6. The highest BCUT2D eigenvalue weighted by Gasteiger charge is 2.02. The SMILES string of the molecule is CCCCCCCCCCCCCCCC/C=C\OCCOC(=O)CCCCCCCCCCCCCCCCC. The van der Waals surface area contributed by atoms with Crippen molar-refractivity contribution in [2.45, 2.75) is 213 Å². The Morgan fingerprint density at radius 2 is 0.780 bits per heavy atom. The van der Waals surface area contributed by atoms with Crippen molar-refractivity contribution in [3.63, 3.8) is 0 Å². The van der Waals surface area contributed by atoms with E-state index in [9.17, 15) is 4.79 Å². The number of esters is 1. The normalized spacial score (nSPS) is 11.5. The monoisotopic (exact) mass is 579 g/mol. The van der Waals surface area contributed by atoms with Crippen molar-refractivity contribution in [1.82, 2.24) is 0 Å². The first-order valence-corrected chi connectivity index (χ1v) is 18.7. The number of carbonyl (C=O) groups is 1. The molecule has 244 valence electrons. The largest absolute Gasteiger partial charge is 0.498 e. The second kappa shape index (κ2) is 37.0. The first-order chi connectivity index (χ1) is 20.3. The summed E-state index contributed by atoms with van der Waals surface area (Å²) in [6.07, 6.45) is 45.2. The van der Waals surface area contributed by atoms with Crippen LogP contribution in [-0.4, -0.2) is 19.2 Å². The Bertz CT molecular complexity index is 516. The third-order valence-electron chi connectivity index (χ3n) is 8.37. The summed E-state index contributed by atoms with van der Waals surface area (Å²) in [7, 11) is 0. The molecular formula is C38H74O3. The molecule has 0 unspecified atom stereocenters. The van der Waals surface area contributed by atoms with Crippen molar-refractivity contribution in [1.29, 1.82) is 0 Å². The summed E-state index contributed by atoms with van der Waals surface area (Å²) < 4.78 is 10.8. The maximum atomic E-state index is 11.9. The van der Waals surface area contributed by atoms with Crippen LogP contribution in [0.25, 0.3) is 0 Å². The number of ether oxygens (including phenoxy) is 2. The maximum absolute atomic E-state index is 11.9. The number of hydrogen-bond acceptors (Lipinski definition) is 3. The number of hydrogen-bond donors (Lipinski definition) is 0. The van der Waals surface area contributed by atoms with Crippen LogP contribution in [0.3, 0.4) is 0 Å². The topological polar surface area (TPSA) is 35.5 Å². The molecule has 0 aliphatic carbocycles. The van der Waals surface area contributed by atoms with Gasteiger partial charge in [-0.3, -0.25) is 4.79 Å². The van der Waals surface area contributed by atoms with Gasteiger partial charge in [-0.2, -0.15) is 0 Å². The summed E-state index contributed by atoms with van der Waals surface area (Å²) in [4.78, 5) is 11.9. The van der Waals surface area contributed by atoms with Crippen molar-refractivity contribution in [3.8, 4) is 0 Å². The van der Waals surface area contributed by atoms with Gasteiger partial charge in [0.05, 0.1) is 6.26 Å². The van der Waals surface area contributed by atoms with Crippen LogP contribution in [0.15, 0.2) is 12.3 Å². The predicted molar refractivity (Wildman–Crippen MR) is 181 cm³/mol. The van der Waals surface area contributed by atoms with Gasteiger partial charge in [0.2, 0.25) is 0 Å². The minimum absolute atomic E-state index is 0.0744. The third-order valence-corrected chi connectivity index (χ3v) is 8.37. The van der Waals surface area contributed by atoms with Crippen LogP contribution in [-0.2, 0) is 14.3 Å². The van der Waals surface area contributed by atoms with Crippen LogP contribution in [0, 0.1) is 0 Å². The molecule has 0 aliphatic heterocycles.